The lowest BCUT2D eigenvalue weighted by atomic mass is 10.1. The van der Waals surface area contributed by atoms with Gasteiger partial charge >= 0.3 is 11.8 Å². The summed E-state index contributed by atoms with van der Waals surface area (Å²) >= 11 is 0. The van der Waals surface area contributed by atoms with Crippen LogP contribution in [0.15, 0.2) is 47.1 Å². The average molecular weight is 404 g/mol. The van der Waals surface area contributed by atoms with E-state index >= 15 is 0 Å². The molecule has 8 nitrogen and oxygen atoms in total. The Labute approximate surface area is 168 Å². The molecule has 0 radical (unpaired) electrons. The van der Waals surface area contributed by atoms with Gasteiger partial charge in [0.15, 0.2) is 0 Å². The number of amides is 2. The molecule has 1 aromatic carbocycles. The number of nitrogens with zero attached hydrogens (tertiary/aromatic N) is 2. The number of aliphatic hydroxyl groups excluding tert-OH is 1. The predicted molar refractivity (Wildman–Crippen MR) is 105 cm³/mol. The first-order valence-electron chi connectivity index (χ1n) is 9.54. The van der Waals surface area contributed by atoms with Crippen LogP contribution in [0.3, 0.4) is 0 Å². The number of piperazine rings is 1. The van der Waals surface area contributed by atoms with E-state index in [1.807, 2.05) is 17.0 Å². The SMILES string of the molecule is O=C(NCCO)C(=O)NC[C@@H](c1ccco1)N1CCN(c2ccccc2F)CC1. The van der Waals surface area contributed by atoms with E-state index in [4.69, 9.17) is 9.52 Å². The summed E-state index contributed by atoms with van der Waals surface area (Å²) in [5.41, 5.74) is 0.579. The molecule has 0 bridgehead atoms. The van der Waals surface area contributed by atoms with E-state index in [1.54, 1.807) is 24.5 Å². The van der Waals surface area contributed by atoms with Gasteiger partial charge in [0, 0.05) is 39.3 Å². The molecular formula is C20H25FN4O4. The van der Waals surface area contributed by atoms with E-state index in [0.717, 1.165) is 0 Å². The molecule has 1 fully saturated rings. The number of aliphatic hydroxyl groups is 1. The molecule has 1 atom stereocenters. The molecule has 0 saturated carbocycles. The molecule has 29 heavy (non-hydrogen) atoms. The second-order valence-corrected chi connectivity index (χ2v) is 6.70. The summed E-state index contributed by atoms with van der Waals surface area (Å²) in [5.74, 6) is -1.12. The van der Waals surface area contributed by atoms with Crippen LogP contribution in [0.2, 0.25) is 0 Å². The van der Waals surface area contributed by atoms with Gasteiger partial charge in [0.25, 0.3) is 0 Å². The Bertz CT molecular complexity index is 807. The molecule has 1 aliphatic rings. The number of benzene rings is 1. The van der Waals surface area contributed by atoms with Crippen LogP contribution in [0.25, 0.3) is 0 Å². The minimum atomic E-state index is -0.790. The van der Waals surface area contributed by atoms with Crippen molar-refractivity contribution in [1.29, 1.82) is 0 Å². The highest BCUT2D eigenvalue weighted by Gasteiger charge is 2.28. The molecule has 2 aromatic rings. The Morgan fingerprint density at radius 3 is 2.45 bits per heavy atom. The third kappa shape index (κ3) is 5.33. The van der Waals surface area contributed by atoms with E-state index in [9.17, 15) is 14.0 Å². The van der Waals surface area contributed by atoms with E-state index in [-0.39, 0.29) is 31.6 Å². The highest BCUT2D eigenvalue weighted by atomic mass is 19.1. The second-order valence-electron chi connectivity index (χ2n) is 6.70. The van der Waals surface area contributed by atoms with Crippen molar-refractivity contribution in [3.05, 3.63) is 54.2 Å². The molecule has 0 aliphatic carbocycles. The fraction of sp³-hybridized carbons (Fsp3) is 0.400. The average Bonchev–Trinajstić information content (AvgIpc) is 3.27. The lowest BCUT2D eigenvalue weighted by Crippen LogP contribution is -2.51. The lowest BCUT2D eigenvalue weighted by molar-refractivity contribution is -0.139. The van der Waals surface area contributed by atoms with Gasteiger partial charge in [-0.25, -0.2) is 4.39 Å². The summed E-state index contributed by atoms with van der Waals surface area (Å²) < 4.78 is 19.6. The molecule has 0 spiro atoms. The summed E-state index contributed by atoms with van der Waals surface area (Å²) in [6.07, 6.45) is 1.56. The zero-order valence-corrected chi connectivity index (χ0v) is 16.0. The number of hydrogen-bond acceptors (Lipinski definition) is 6. The Balaban J connectivity index is 1.61. The van der Waals surface area contributed by atoms with E-state index in [2.05, 4.69) is 15.5 Å². The van der Waals surface area contributed by atoms with Gasteiger partial charge in [-0.3, -0.25) is 14.5 Å². The van der Waals surface area contributed by atoms with Crippen molar-refractivity contribution in [1.82, 2.24) is 15.5 Å². The van der Waals surface area contributed by atoms with E-state index in [0.29, 0.717) is 37.6 Å². The highest BCUT2D eigenvalue weighted by molar-refractivity contribution is 6.35. The van der Waals surface area contributed by atoms with Gasteiger partial charge in [0.05, 0.1) is 24.6 Å². The highest BCUT2D eigenvalue weighted by Crippen LogP contribution is 2.25. The monoisotopic (exact) mass is 404 g/mol. The van der Waals surface area contributed by atoms with Crippen LogP contribution in [0.1, 0.15) is 11.8 Å². The van der Waals surface area contributed by atoms with E-state index in [1.165, 1.54) is 6.07 Å². The summed E-state index contributed by atoms with van der Waals surface area (Å²) in [5, 5.41) is 13.7. The van der Waals surface area contributed by atoms with Crippen molar-refractivity contribution in [3.8, 4) is 0 Å². The van der Waals surface area contributed by atoms with Gasteiger partial charge < -0.3 is 25.1 Å². The maximum absolute atomic E-state index is 14.1. The van der Waals surface area contributed by atoms with E-state index < -0.39 is 11.8 Å². The quantitative estimate of drug-likeness (QED) is 0.582. The van der Waals surface area contributed by atoms with Gasteiger partial charge in [0.1, 0.15) is 11.6 Å². The minimum absolute atomic E-state index is 0.0197. The van der Waals surface area contributed by atoms with Crippen LogP contribution < -0.4 is 15.5 Å². The number of carbonyl (C=O) groups is 2. The zero-order valence-electron chi connectivity index (χ0n) is 16.0. The number of carbonyl (C=O) groups excluding carboxylic acids is 2. The Morgan fingerprint density at radius 1 is 1.07 bits per heavy atom. The van der Waals surface area contributed by atoms with Gasteiger partial charge in [0.2, 0.25) is 0 Å². The van der Waals surface area contributed by atoms with Crippen molar-refractivity contribution < 1.29 is 23.5 Å². The number of furan rings is 1. The Kier molecular flexibility index (Phi) is 7.20. The van der Waals surface area contributed by atoms with Gasteiger partial charge in [-0.1, -0.05) is 12.1 Å². The van der Waals surface area contributed by atoms with Gasteiger partial charge in [-0.05, 0) is 24.3 Å². The second kappa shape index (κ2) is 10.0. The standard InChI is InChI=1S/C20H25FN4O4/c21-15-4-1-2-5-16(15)24-8-10-25(11-9-24)17(18-6-3-13-29-18)14-23-20(28)19(27)22-7-12-26/h1-6,13,17,26H,7-12,14H2,(H,22,27)(H,23,28)/t17-/m0/s1. The zero-order chi connectivity index (χ0) is 20.6. The molecular weight excluding hydrogens is 379 g/mol. The molecule has 1 aliphatic heterocycles. The molecule has 156 valence electrons. The van der Waals surface area contributed by atoms with Crippen LogP contribution in [0, 0.1) is 5.82 Å². The van der Waals surface area contributed by atoms with Crippen molar-refractivity contribution in [2.24, 2.45) is 0 Å². The molecule has 3 rings (SSSR count). The largest absolute Gasteiger partial charge is 0.468 e. The number of nitrogens with one attached hydrogen (secondary N) is 2. The third-order valence-electron chi connectivity index (χ3n) is 4.88. The maximum Gasteiger partial charge on any atom is 0.309 e. The first-order chi connectivity index (χ1) is 14.1. The fourth-order valence-corrected chi connectivity index (χ4v) is 3.39. The molecule has 1 saturated heterocycles. The summed E-state index contributed by atoms with van der Waals surface area (Å²) in [6.45, 7) is 2.52. The molecule has 0 unspecified atom stereocenters. The number of rotatable bonds is 7. The fourth-order valence-electron chi connectivity index (χ4n) is 3.39. The molecule has 1 aromatic heterocycles. The van der Waals surface area contributed by atoms with Gasteiger partial charge in [-0.15, -0.1) is 0 Å². The molecule has 2 heterocycles. The first kappa shape index (κ1) is 20.8. The van der Waals surface area contributed by atoms with Gasteiger partial charge in [-0.2, -0.15) is 0 Å². The van der Waals surface area contributed by atoms with Crippen LogP contribution in [-0.4, -0.2) is 67.7 Å². The van der Waals surface area contributed by atoms with Crippen LogP contribution in [-0.2, 0) is 9.59 Å². The first-order valence-corrected chi connectivity index (χ1v) is 9.54. The summed E-state index contributed by atoms with van der Waals surface area (Å²) in [4.78, 5) is 27.8. The van der Waals surface area contributed by atoms with Crippen LogP contribution in [0.5, 0.6) is 0 Å². The molecule has 2 amide bonds. The number of hydrogen-bond donors (Lipinski definition) is 3. The number of anilines is 1. The van der Waals surface area contributed by atoms with Crippen molar-refractivity contribution in [2.75, 3.05) is 50.8 Å². The van der Waals surface area contributed by atoms with Crippen molar-refractivity contribution in [2.45, 2.75) is 6.04 Å². The van der Waals surface area contributed by atoms with Crippen molar-refractivity contribution in [3.63, 3.8) is 0 Å². The third-order valence-corrected chi connectivity index (χ3v) is 4.88. The minimum Gasteiger partial charge on any atom is -0.468 e. The summed E-state index contributed by atoms with van der Waals surface area (Å²) in [6, 6.07) is 10.0. The lowest BCUT2D eigenvalue weighted by Gasteiger charge is -2.39. The predicted octanol–water partition coefficient (Wildman–Crippen LogP) is 0.507. The molecule has 3 N–H and O–H groups in total. The van der Waals surface area contributed by atoms with Crippen LogP contribution in [0.4, 0.5) is 10.1 Å². The summed E-state index contributed by atoms with van der Waals surface area (Å²) in [7, 11) is 0. The number of halogens is 1. The smallest absolute Gasteiger partial charge is 0.309 e. The Hall–Kier alpha value is -2.91. The topological polar surface area (TPSA) is 98.0 Å². The van der Waals surface area contributed by atoms with Crippen LogP contribution >= 0.6 is 0 Å². The normalized spacial score (nSPS) is 15.7. The number of para-hydroxylation sites is 1. The van der Waals surface area contributed by atoms with Crippen molar-refractivity contribution >= 4 is 17.5 Å². The Morgan fingerprint density at radius 2 is 1.79 bits per heavy atom. The molecule has 9 heteroatoms. The maximum atomic E-state index is 14.1.